The van der Waals surface area contributed by atoms with Crippen molar-refractivity contribution in [3.63, 3.8) is 0 Å². The molecule has 0 radical (unpaired) electrons. The van der Waals surface area contributed by atoms with Crippen LogP contribution in [0, 0.1) is 0 Å². The lowest BCUT2D eigenvalue weighted by atomic mass is 9.99. The Hall–Kier alpha value is -4.21. The van der Waals surface area contributed by atoms with Crippen LogP contribution in [-0.2, 0) is 19.6 Å². The van der Waals surface area contributed by atoms with E-state index >= 15 is 0 Å². The van der Waals surface area contributed by atoms with Crippen molar-refractivity contribution in [3.8, 4) is 16.9 Å². The molecule has 0 spiro atoms. The van der Waals surface area contributed by atoms with E-state index in [0.29, 0.717) is 46.8 Å². The van der Waals surface area contributed by atoms with Gasteiger partial charge in [-0.15, -0.1) is 0 Å². The van der Waals surface area contributed by atoms with Gasteiger partial charge in [0.15, 0.2) is 0 Å². The number of primary sulfonamides is 1. The van der Waals surface area contributed by atoms with Gasteiger partial charge in [-0.1, -0.05) is 29.8 Å². The van der Waals surface area contributed by atoms with Gasteiger partial charge in [0, 0.05) is 36.3 Å². The maximum absolute atomic E-state index is 13.7. The van der Waals surface area contributed by atoms with Crippen LogP contribution < -0.4 is 25.8 Å². The molecule has 4 bridgehead atoms. The number of nitrogens with zero attached hydrogens (tertiary/aromatic N) is 1. The van der Waals surface area contributed by atoms with Gasteiger partial charge in [0.1, 0.15) is 17.9 Å². The van der Waals surface area contributed by atoms with Gasteiger partial charge in [-0.3, -0.25) is 9.59 Å². The number of hydrogen-bond donors (Lipinski definition) is 5. The third kappa shape index (κ3) is 7.74. The summed E-state index contributed by atoms with van der Waals surface area (Å²) in [7, 11) is -3.87. The van der Waals surface area contributed by atoms with Crippen LogP contribution in [0.3, 0.4) is 0 Å². The van der Waals surface area contributed by atoms with Crippen LogP contribution in [0.25, 0.3) is 11.1 Å². The number of aliphatic hydroxyl groups excluding tert-OH is 1. The number of benzene rings is 3. The fraction of sp³-hybridized carbons (Fsp3) is 0.364. The zero-order valence-electron chi connectivity index (χ0n) is 25.8. The highest BCUT2D eigenvalue weighted by Gasteiger charge is 2.41. The summed E-state index contributed by atoms with van der Waals surface area (Å²) in [5.74, 6) is -0.580. The number of hydrogen-bond acceptors (Lipinski definition) is 8. The summed E-state index contributed by atoms with van der Waals surface area (Å²) in [5.41, 5.74) is 2.09. The molecule has 3 aromatic rings. The Kier molecular flexibility index (Phi) is 9.90. The predicted molar refractivity (Wildman–Crippen MR) is 177 cm³/mol. The minimum atomic E-state index is -3.87. The summed E-state index contributed by atoms with van der Waals surface area (Å²) in [4.78, 5) is 42.0. The topological polar surface area (TPSA) is 189 Å². The predicted octanol–water partition coefficient (Wildman–Crippen LogP) is 2.87. The minimum Gasteiger partial charge on any atom is -0.493 e. The zero-order chi connectivity index (χ0) is 34.0. The van der Waals surface area contributed by atoms with Gasteiger partial charge >= 0.3 is 6.03 Å². The summed E-state index contributed by atoms with van der Waals surface area (Å²) in [5, 5.41) is 25.0. The normalized spacial score (nSPS) is 24.9. The fourth-order valence-corrected chi connectivity index (χ4v) is 6.86. The standard InChI is InChI=1S/C33H36ClN5O8S/c34-21-4-6-22(7-5-21)38-33(43)39-18-23-16-27(39)32(42)36-17-30-28(40)12-8-24(47-30)13-14-46-29-15-20(3-11-26(29)31(41)37-23)19-1-9-25(10-2-19)48(35,44)45/h1-7,9-11,15,23-24,27-28,30,40H,8,12-14,16-18H2,(H,36,42)(H,37,41)(H,38,43)(H2,35,44,45)/t23-,24-,27-,28-,30+/m0/s1. The number of fused-ring (bicyclic) bond motifs is 5. The quantitative estimate of drug-likeness (QED) is 0.276. The Bertz CT molecular complexity index is 1790. The van der Waals surface area contributed by atoms with Crippen molar-refractivity contribution in [2.24, 2.45) is 5.14 Å². The van der Waals surface area contributed by atoms with Crippen LogP contribution in [-0.4, -0.2) is 86.4 Å². The molecule has 13 nitrogen and oxygen atoms in total. The van der Waals surface area contributed by atoms with E-state index in [4.69, 9.17) is 26.2 Å². The Balaban J connectivity index is 1.29. The molecule has 2 saturated heterocycles. The third-order valence-electron chi connectivity index (χ3n) is 8.79. The van der Waals surface area contributed by atoms with Crippen molar-refractivity contribution in [3.05, 3.63) is 77.3 Å². The number of nitrogens with one attached hydrogen (secondary N) is 3. The highest BCUT2D eigenvalue weighted by molar-refractivity contribution is 7.89. The summed E-state index contributed by atoms with van der Waals surface area (Å²) >= 11 is 5.98. The van der Waals surface area contributed by atoms with Gasteiger partial charge in [-0.05, 0) is 78.9 Å². The molecule has 0 aromatic heterocycles. The van der Waals surface area contributed by atoms with Gasteiger partial charge in [-0.25, -0.2) is 18.4 Å². The molecule has 3 aliphatic heterocycles. The zero-order valence-corrected chi connectivity index (χ0v) is 27.4. The van der Waals surface area contributed by atoms with E-state index < -0.39 is 52.2 Å². The van der Waals surface area contributed by atoms with E-state index in [1.165, 1.54) is 17.0 Å². The molecule has 254 valence electrons. The number of rotatable bonds is 3. The number of likely N-dealkylation sites (tertiary alicyclic amines) is 1. The highest BCUT2D eigenvalue weighted by atomic mass is 35.5. The first-order valence-electron chi connectivity index (χ1n) is 15.6. The lowest BCUT2D eigenvalue weighted by molar-refractivity contribution is -0.133. The first-order valence-corrected chi connectivity index (χ1v) is 17.5. The first kappa shape index (κ1) is 33.7. The average molecular weight is 698 g/mol. The molecular formula is C33H36ClN5O8S. The lowest BCUT2D eigenvalue weighted by Crippen LogP contribution is -2.51. The summed E-state index contributed by atoms with van der Waals surface area (Å²) in [6.07, 6.45) is -0.00106. The van der Waals surface area contributed by atoms with Crippen LogP contribution in [0.4, 0.5) is 10.5 Å². The number of halogens is 1. The fourth-order valence-electron chi connectivity index (χ4n) is 6.22. The number of anilines is 1. The summed E-state index contributed by atoms with van der Waals surface area (Å²) in [6, 6.07) is 15.6. The van der Waals surface area contributed by atoms with Crippen LogP contribution in [0.15, 0.2) is 71.6 Å². The monoisotopic (exact) mass is 697 g/mol. The smallest absolute Gasteiger partial charge is 0.322 e. The molecule has 15 heteroatoms. The Morgan fingerprint density at radius 2 is 1.73 bits per heavy atom. The summed E-state index contributed by atoms with van der Waals surface area (Å²) in [6.45, 7) is 0.310. The van der Waals surface area contributed by atoms with E-state index in [-0.39, 0.29) is 42.7 Å². The van der Waals surface area contributed by atoms with E-state index in [9.17, 15) is 27.9 Å². The van der Waals surface area contributed by atoms with Gasteiger partial charge in [0.2, 0.25) is 15.9 Å². The van der Waals surface area contributed by atoms with Gasteiger partial charge < -0.3 is 35.4 Å². The number of sulfonamides is 1. The second kappa shape index (κ2) is 14.1. The van der Waals surface area contributed by atoms with Crippen molar-refractivity contribution in [1.29, 1.82) is 0 Å². The Morgan fingerprint density at radius 1 is 1.00 bits per heavy atom. The molecule has 3 aliphatic rings. The average Bonchev–Trinajstić information content (AvgIpc) is 3.49. The van der Waals surface area contributed by atoms with Crippen molar-refractivity contribution in [2.75, 3.05) is 25.0 Å². The second-order valence-electron chi connectivity index (χ2n) is 12.1. The molecular weight excluding hydrogens is 662 g/mol. The van der Waals surface area contributed by atoms with Crippen molar-refractivity contribution >= 4 is 45.2 Å². The Morgan fingerprint density at radius 3 is 2.46 bits per heavy atom. The molecule has 48 heavy (non-hydrogen) atoms. The van der Waals surface area contributed by atoms with Gasteiger partial charge in [0.25, 0.3) is 5.91 Å². The van der Waals surface area contributed by atoms with Gasteiger partial charge in [-0.2, -0.15) is 0 Å². The Labute approximate surface area is 282 Å². The molecule has 0 saturated carbocycles. The molecule has 6 rings (SSSR count). The van der Waals surface area contributed by atoms with Crippen LogP contribution in [0.1, 0.15) is 36.0 Å². The number of aliphatic hydroxyl groups is 1. The molecule has 5 atom stereocenters. The molecule has 6 N–H and O–H groups in total. The third-order valence-corrected chi connectivity index (χ3v) is 9.97. The molecule has 3 heterocycles. The summed E-state index contributed by atoms with van der Waals surface area (Å²) < 4.78 is 35.8. The molecule has 2 fully saturated rings. The number of nitrogens with two attached hydrogens (primary N) is 1. The van der Waals surface area contributed by atoms with Crippen LogP contribution in [0.5, 0.6) is 5.75 Å². The van der Waals surface area contributed by atoms with Crippen molar-refractivity contribution < 1.29 is 37.4 Å². The number of carbonyl (C=O) groups excluding carboxylic acids is 3. The van der Waals surface area contributed by atoms with E-state index in [2.05, 4.69) is 16.0 Å². The van der Waals surface area contributed by atoms with E-state index in [1.54, 1.807) is 54.6 Å². The molecule has 3 aromatic carbocycles. The minimum absolute atomic E-state index is 0.0257. The molecule has 0 aliphatic carbocycles. The molecule has 0 unspecified atom stereocenters. The first-order chi connectivity index (χ1) is 22.9. The van der Waals surface area contributed by atoms with Crippen molar-refractivity contribution in [2.45, 2.75) is 61.0 Å². The van der Waals surface area contributed by atoms with Gasteiger partial charge in [0.05, 0.1) is 29.3 Å². The maximum Gasteiger partial charge on any atom is 0.322 e. The van der Waals surface area contributed by atoms with E-state index in [1.807, 2.05) is 0 Å². The van der Waals surface area contributed by atoms with Crippen LogP contribution in [0.2, 0.25) is 5.02 Å². The van der Waals surface area contributed by atoms with Crippen molar-refractivity contribution in [1.82, 2.24) is 15.5 Å². The second-order valence-corrected chi connectivity index (χ2v) is 14.1. The van der Waals surface area contributed by atoms with Crippen LogP contribution >= 0.6 is 11.6 Å². The molecule has 4 amide bonds. The highest BCUT2D eigenvalue weighted by Crippen LogP contribution is 2.30. The maximum atomic E-state index is 13.7. The number of urea groups is 1. The largest absolute Gasteiger partial charge is 0.493 e. The number of carbonyl (C=O) groups is 3. The van der Waals surface area contributed by atoms with E-state index in [0.717, 1.165) is 0 Å². The number of amides is 4. The number of ether oxygens (including phenoxy) is 2. The lowest BCUT2D eigenvalue weighted by Gasteiger charge is -2.34. The SMILES string of the molecule is NS(=O)(=O)c1ccc(-c2ccc3c(c2)OCC[C@@H]2CC[C@H](O)[C@@H](CNC(=O)[C@@H]4C[C@@H](CN4C(=O)Nc4ccc(Cl)cc4)NC3=O)O2)cc1.